The summed E-state index contributed by atoms with van der Waals surface area (Å²) >= 11 is 0. The minimum atomic E-state index is -0.154. The number of rotatable bonds is 8. The summed E-state index contributed by atoms with van der Waals surface area (Å²) in [6.07, 6.45) is 5.06. The fourth-order valence-corrected chi connectivity index (χ4v) is 2.18. The Bertz CT molecular complexity index is 338. The lowest BCUT2D eigenvalue weighted by atomic mass is 9.98. The monoisotopic (exact) mass is 251 g/mol. The smallest absolute Gasteiger partial charge is 0.123 e. The van der Waals surface area contributed by atoms with Gasteiger partial charge in [-0.2, -0.15) is 0 Å². The van der Waals surface area contributed by atoms with Gasteiger partial charge < -0.3 is 5.32 Å². The maximum Gasteiger partial charge on any atom is 0.123 e. The van der Waals surface area contributed by atoms with Crippen molar-refractivity contribution in [3.05, 3.63) is 35.6 Å². The zero-order valence-electron chi connectivity index (χ0n) is 11.9. The van der Waals surface area contributed by atoms with Crippen molar-refractivity contribution in [3.63, 3.8) is 0 Å². The third-order valence-corrected chi connectivity index (χ3v) is 3.60. The standard InChI is InChI=1S/C16H26FN/c1-4-6-8-14(5-2)12-18-13(3)15-9-7-10-16(17)11-15/h7,9-11,13-14,18H,4-6,8,12H2,1-3H3/t13-,14?/m0/s1. The SMILES string of the molecule is CCCCC(CC)CN[C@@H](C)c1cccc(F)c1. The molecule has 0 bridgehead atoms. The van der Waals surface area contributed by atoms with E-state index < -0.39 is 0 Å². The van der Waals surface area contributed by atoms with Crippen molar-refractivity contribution in [2.24, 2.45) is 5.92 Å². The molecule has 0 aliphatic rings. The number of halogens is 1. The van der Waals surface area contributed by atoms with E-state index >= 15 is 0 Å². The largest absolute Gasteiger partial charge is 0.310 e. The Morgan fingerprint density at radius 2 is 2.06 bits per heavy atom. The lowest BCUT2D eigenvalue weighted by Gasteiger charge is -2.20. The Hall–Kier alpha value is -0.890. The van der Waals surface area contributed by atoms with E-state index in [1.807, 2.05) is 6.07 Å². The van der Waals surface area contributed by atoms with Gasteiger partial charge in [0.15, 0.2) is 0 Å². The molecule has 0 saturated heterocycles. The number of hydrogen-bond donors (Lipinski definition) is 1. The minimum Gasteiger partial charge on any atom is -0.310 e. The molecule has 0 aliphatic carbocycles. The third-order valence-electron chi connectivity index (χ3n) is 3.60. The molecule has 0 heterocycles. The van der Waals surface area contributed by atoms with E-state index in [9.17, 15) is 4.39 Å². The molecular weight excluding hydrogens is 225 g/mol. The van der Waals surface area contributed by atoms with E-state index in [1.54, 1.807) is 12.1 Å². The first kappa shape index (κ1) is 15.2. The van der Waals surface area contributed by atoms with Gasteiger partial charge in [0.05, 0.1) is 0 Å². The van der Waals surface area contributed by atoms with E-state index in [2.05, 4.69) is 26.1 Å². The van der Waals surface area contributed by atoms with Crippen LogP contribution in [0, 0.1) is 11.7 Å². The lowest BCUT2D eigenvalue weighted by molar-refractivity contribution is 0.398. The summed E-state index contributed by atoms with van der Waals surface area (Å²) < 4.78 is 13.1. The number of nitrogens with one attached hydrogen (secondary N) is 1. The number of unbranched alkanes of at least 4 members (excludes halogenated alkanes) is 1. The van der Waals surface area contributed by atoms with Crippen LogP contribution < -0.4 is 5.32 Å². The van der Waals surface area contributed by atoms with Gasteiger partial charge in [-0.15, -0.1) is 0 Å². The van der Waals surface area contributed by atoms with Gasteiger partial charge in [-0.05, 0) is 43.5 Å². The molecule has 1 aromatic carbocycles. The van der Waals surface area contributed by atoms with Crippen LogP contribution in [0.5, 0.6) is 0 Å². The summed E-state index contributed by atoms with van der Waals surface area (Å²) in [6, 6.07) is 7.08. The van der Waals surface area contributed by atoms with Gasteiger partial charge in [0.25, 0.3) is 0 Å². The highest BCUT2D eigenvalue weighted by Gasteiger charge is 2.09. The summed E-state index contributed by atoms with van der Waals surface area (Å²) in [7, 11) is 0. The summed E-state index contributed by atoms with van der Waals surface area (Å²) in [5.41, 5.74) is 1.03. The van der Waals surface area contributed by atoms with Crippen molar-refractivity contribution in [2.45, 2.75) is 52.5 Å². The zero-order valence-corrected chi connectivity index (χ0v) is 11.9. The van der Waals surface area contributed by atoms with E-state index in [4.69, 9.17) is 0 Å². The molecule has 2 atom stereocenters. The van der Waals surface area contributed by atoms with E-state index in [-0.39, 0.29) is 11.9 Å². The number of hydrogen-bond acceptors (Lipinski definition) is 1. The summed E-state index contributed by atoms with van der Waals surface area (Å²) in [5, 5.41) is 3.52. The van der Waals surface area contributed by atoms with E-state index in [0.717, 1.165) is 18.0 Å². The molecule has 1 N–H and O–H groups in total. The first-order valence-corrected chi connectivity index (χ1v) is 7.16. The maximum atomic E-state index is 13.1. The van der Waals surface area contributed by atoms with E-state index in [1.165, 1.54) is 31.7 Å². The molecule has 18 heavy (non-hydrogen) atoms. The average molecular weight is 251 g/mol. The van der Waals surface area contributed by atoms with E-state index in [0.29, 0.717) is 0 Å². The summed E-state index contributed by atoms with van der Waals surface area (Å²) in [4.78, 5) is 0. The van der Waals surface area contributed by atoms with Crippen molar-refractivity contribution in [1.29, 1.82) is 0 Å². The topological polar surface area (TPSA) is 12.0 Å². The molecule has 2 heteroatoms. The van der Waals surface area contributed by atoms with Crippen LogP contribution in [0.1, 0.15) is 58.1 Å². The van der Waals surface area contributed by atoms with Crippen molar-refractivity contribution >= 4 is 0 Å². The second-order valence-electron chi connectivity index (χ2n) is 5.10. The van der Waals surface area contributed by atoms with Crippen LogP contribution in [-0.2, 0) is 0 Å². The Morgan fingerprint density at radius 1 is 1.28 bits per heavy atom. The molecule has 0 aromatic heterocycles. The van der Waals surface area contributed by atoms with Crippen LogP contribution >= 0.6 is 0 Å². The minimum absolute atomic E-state index is 0.154. The fourth-order valence-electron chi connectivity index (χ4n) is 2.18. The van der Waals surface area contributed by atoms with Gasteiger partial charge in [-0.25, -0.2) is 4.39 Å². The summed E-state index contributed by atoms with van der Waals surface area (Å²) in [6.45, 7) is 7.60. The molecule has 1 rings (SSSR count). The number of benzene rings is 1. The van der Waals surface area contributed by atoms with Gasteiger partial charge in [0, 0.05) is 6.04 Å². The predicted octanol–water partition coefficient (Wildman–Crippen LogP) is 4.69. The van der Waals surface area contributed by atoms with Crippen LogP contribution in [0.3, 0.4) is 0 Å². The molecule has 0 spiro atoms. The van der Waals surface area contributed by atoms with Crippen molar-refractivity contribution in [1.82, 2.24) is 5.32 Å². The van der Waals surface area contributed by atoms with Crippen LogP contribution in [0.2, 0.25) is 0 Å². The second kappa shape index (κ2) is 8.25. The van der Waals surface area contributed by atoms with Crippen molar-refractivity contribution in [2.75, 3.05) is 6.54 Å². The highest BCUT2D eigenvalue weighted by atomic mass is 19.1. The highest BCUT2D eigenvalue weighted by molar-refractivity contribution is 5.19. The van der Waals surface area contributed by atoms with Crippen LogP contribution in [0.15, 0.2) is 24.3 Å². The first-order chi connectivity index (χ1) is 8.67. The third kappa shape index (κ3) is 5.18. The molecule has 0 fully saturated rings. The van der Waals surface area contributed by atoms with Gasteiger partial charge >= 0.3 is 0 Å². The highest BCUT2D eigenvalue weighted by Crippen LogP contribution is 2.16. The Kier molecular flexibility index (Phi) is 6.96. The molecule has 0 aliphatic heterocycles. The maximum absolute atomic E-state index is 13.1. The first-order valence-electron chi connectivity index (χ1n) is 7.16. The van der Waals surface area contributed by atoms with Crippen LogP contribution in [0.4, 0.5) is 4.39 Å². The van der Waals surface area contributed by atoms with Gasteiger partial charge in [0.2, 0.25) is 0 Å². The fraction of sp³-hybridized carbons (Fsp3) is 0.625. The molecule has 102 valence electrons. The quantitative estimate of drug-likeness (QED) is 0.706. The average Bonchev–Trinajstić information content (AvgIpc) is 2.38. The molecule has 0 amide bonds. The van der Waals surface area contributed by atoms with Gasteiger partial charge in [0.1, 0.15) is 5.82 Å². The van der Waals surface area contributed by atoms with Gasteiger partial charge in [-0.1, -0.05) is 45.2 Å². The van der Waals surface area contributed by atoms with Crippen LogP contribution in [-0.4, -0.2) is 6.54 Å². The predicted molar refractivity (Wildman–Crippen MR) is 76.1 cm³/mol. The molecule has 0 radical (unpaired) electrons. The molecule has 1 nitrogen and oxygen atoms in total. The normalized spacial score (nSPS) is 14.4. The van der Waals surface area contributed by atoms with Crippen molar-refractivity contribution in [3.8, 4) is 0 Å². The summed E-state index contributed by atoms with van der Waals surface area (Å²) in [5.74, 6) is 0.583. The molecular formula is C16H26FN. The molecule has 1 aromatic rings. The van der Waals surface area contributed by atoms with Gasteiger partial charge in [-0.3, -0.25) is 0 Å². The molecule has 0 saturated carbocycles. The lowest BCUT2D eigenvalue weighted by Crippen LogP contribution is -2.25. The zero-order chi connectivity index (χ0) is 13.4. The second-order valence-corrected chi connectivity index (χ2v) is 5.10. The van der Waals surface area contributed by atoms with Crippen LogP contribution in [0.25, 0.3) is 0 Å². The Morgan fingerprint density at radius 3 is 2.67 bits per heavy atom. The Labute approximate surface area is 111 Å². The Balaban J connectivity index is 2.42. The van der Waals surface area contributed by atoms with Crippen molar-refractivity contribution < 1.29 is 4.39 Å². The molecule has 1 unspecified atom stereocenters.